The number of likely N-dealkylation sites (N-methyl/N-ethyl adjacent to an activating group) is 1. The van der Waals surface area contributed by atoms with Gasteiger partial charge in [-0.15, -0.1) is 0 Å². The molecule has 1 rings (SSSR count). The van der Waals surface area contributed by atoms with E-state index in [2.05, 4.69) is 17.1 Å². The summed E-state index contributed by atoms with van der Waals surface area (Å²) >= 11 is 0. The minimum atomic E-state index is -0.0394. The number of carbonyl (C=O) groups excluding carboxylic acids is 1. The Balaban J connectivity index is 2.58. The van der Waals surface area contributed by atoms with Crippen LogP contribution < -0.4 is 5.32 Å². The summed E-state index contributed by atoms with van der Waals surface area (Å²) in [5, 5.41) is 3.03. The number of nitrogens with one attached hydrogen (secondary N) is 1. The van der Waals surface area contributed by atoms with Gasteiger partial charge in [0.05, 0.1) is 6.04 Å². The van der Waals surface area contributed by atoms with E-state index in [1.165, 1.54) is 25.7 Å². The van der Waals surface area contributed by atoms with Gasteiger partial charge in [-0.2, -0.15) is 0 Å². The summed E-state index contributed by atoms with van der Waals surface area (Å²) in [6.07, 6.45) is 5.96. The van der Waals surface area contributed by atoms with Gasteiger partial charge in [-0.1, -0.05) is 13.3 Å². The fraction of sp³-hybridized carbons (Fsp3) is 0.917. The molecule has 2 unspecified atom stereocenters. The van der Waals surface area contributed by atoms with Gasteiger partial charge >= 0.3 is 0 Å². The summed E-state index contributed by atoms with van der Waals surface area (Å²) in [6, 6.07) is 0.453. The second-order valence-corrected chi connectivity index (χ2v) is 4.48. The SMILES string of the molecule is CCCC1CCCCN1C(=O)C(C)NC. The molecule has 0 bridgehead atoms. The number of carbonyl (C=O) groups is 1. The largest absolute Gasteiger partial charge is 0.338 e. The van der Waals surface area contributed by atoms with Gasteiger partial charge in [0.2, 0.25) is 5.91 Å². The average molecular weight is 212 g/mol. The molecule has 0 saturated carbocycles. The second kappa shape index (κ2) is 6.11. The third kappa shape index (κ3) is 3.20. The predicted molar refractivity (Wildman–Crippen MR) is 62.8 cm³/mol. The zero-order valence-corrected chi connectivity index (χ0v) is 10.3. The first-order valence-electron chi connectivity index (χ1n) is 6.18. The molecule has 0 spiro atoms. The van der Waals surface area contributed by atoms with Crippen LogP contribution in [0.2, 0.25) is 0 Å². The van der Waals surface area contributed by atoms with E-state index in [-0.39, 0.29) is 11.9 Å². The van der Waals surface area contributed by atoms with Crippen LogP contribution in [0.3, 0.4) is 0 Å². The van der Waals surface area contributed by atoms with Crippen molar-refractivity contribution >= 4 is 5.91 Å². The van der Waals surface area contributed by atoms with Crippen LogP contribution in [0.25, 0.3) is 0 Å². The molecular weight excluding hydrogens is 188 g/mol. The quantitative estimate of drug-likeness (QED) is 0.770. The molecule has 1 saturated heterocycles. The van der Waals surface area contributed by atoms with E-state index in [0.717, 1.165) is 13.0 Å². The Morgan fingerprint density at radius 2 is 2.27 bits per heavy atom. The van der Waals surface area contributed by atoms with Crippen molar-refractivity contribution in [3.05, 3.63) is 0 Å². The number of nitrogens with zero attached hydrogens (tertiary/aromatic N) is 1. The Hall–Kier alpha value is -0.570. The number of piperidine rings is 1. The summed E-state index contributed by atoms with van der Waals surface area (Å²) in [7, 11) is 1.85. The van der Waals surface area contributed by atoms with Crippen molar-refractivity contribution in [2.45, 2.75) is 58.0 Å². The number of amides is 1. The van der Waals surface area contributed by atoms with Crippen molar-refractivity contribution in [3.63, 3.8) is 0 Å². The van der Waals surface area contributed by atoms with E-state index in [1.807, 2.05) is 14.0 Å². The second-order valence-electron chi connectivity index (χ2n) is 4.48. The molecule has 1 fully saturated rings. The van der Waals surface area contributed by atoms with E-state index in [4.69, 9.17) is 0 Å². The van der Waals surface area contributed by atoms with Gasteiger partial charge in [-0.25, -0.2) is 0 Å². The van der Waals surface area contributed by atoms with Crippen LogP contribution in [0.15, 0.2) is 0 Å². The van der Waals surface area contributed by atoms with Gasteiger partial charge in [0, 0.05) is 12.6 Å². The molecule has 0 aliphatic carbocycles. The molecule has 0 radical (unpaired) electrons. The van der Waals surface area contributed by atoms with E-state index in [1.54, 1.807) is 0 Å². The normalized spacial score (nSPS) is 23.9. The Labute approximate surface area is 93.2 Å². The minimum Gasteiger partial charge on any atom is -0.338 e. The molecule has 1 N–H and O–H groups in total. The van der Waals surface area contributed by atoms with Crippen LogP contribution in [0.1, 0.15) is 46.0 Å². The summed E-state index contributed by atoms with van der Waals surface area (Å²) in [6.45, 7) is 5.09. The average Bonchev–Trinajstić information content (AvgIpc) is 2.28. The van der Waals surface area contributed by atoms with Gasteiger partial charge in [0.25, 0.3) is 0 Å². The first-order valence-corrected chi connectivity index (χ1v) is 6.18. The molecule has 1 amide bonds. The highest BCUT2D eigenvalue weighted by atomic mass is 16.2. The number of likely N-dealkylation sites (tertiary alicyclic amines) is 1. The maximum atomic E-state index is 12.1. The van der Waals surface area contributed by atoms with Crippen LogP contribution in [0.4, 0.5) is 0 Å². The maximum absolute atomic E-state index is 12.1. The topological polar surface area (TPSA) is 32.3 Å². The molecule has 0 aromatic rings. The Kier molecular flexibility index (Phi) is 5.09. The van der Waals surface area contributed by atoms with Crippen LogP contribution in [0.5, 0.6) is 0 Å². The van der Waals surface area contributed by atoms with Crippen molar-refractivity contribution in [1.29, 1.82) is 0 Å². The minimum absolute atomic E-state index is 0.0394. The standard InChI is InChI=1S/C12H24N2O/c1-4-7-11-8-5-6-9-14(11)12(15)10(2)13-3/h10-11,13H,4-9H2,1-3H3. The lowest BCUT2D eigenvalue weighted by Crippen LogP contribution is -2.50. The lowest BCUT2D eigenvalue weighted by Gasteiger charge is -2.37. The van der Waals surface area contributed by atoms with Crippen LogP contribution >= 0.6 is 0 Å². The van der Waals surface area contributed by atoms with Crippen LogP contribution in [-0.4, -0.2) is 36.5 Å². The molecule has 0 aromatic carbocycles. The van der Waals surface area contributed by atoms with Crippen molar-refractivity contribution in [2.24, 2.45) is 0 Å². The van der Waals surface area contributed by atoms with E-state index in [0.29, 0.717) is 6.04 Å². The first-order chi connectivity index (χ1) is 7.20. The van der Waals surface area contributed by atoms with E-state index < -0.39 is 0 Å². The van der Waals surface area contributed by atoms with E-state index in [9.17, 15) is 4.79 Å². The molecule has 15 heavy (non-hydrogen) atoms. The summed E-state index contributed by atoms with van der Waals surface area (Å²) in [5.41, 5.74) is 0. The summed E-state index contributed by atoms with van der Waals surface area (Å²) in [4.78, 5) is 14.2. The number of hydrogen-bond acceptors (Lipinski definition) is 2. The Bertz CT molecular complexity index is 204. The summed E-state index contributed by atoms with van der Waals surface area (Å²) in [5.74, 6) is 0.274. The van der Waals surface area contributed by atoms with Crippen molar-refractivity contribution in [3.8, 4) is 0 Å². The third-order valence-corrected chi connectivity index (χ3v) is 3.34. The van der Waals surface area contributed by atoms with Gasteiger partial charge in [-0.05, 0) is 39.7 Å². The monoisotopic (exact) mass is 212 g/mol. The van der Waals surface area contributed by atoms with Crippen LogP contribution in [-0.2, 0) is 4.79 Å². The predicted octanol–water partition coefficient (Wildman–Crippen LogP) is 1.78. The molecule has 1 aliphatic rings. The fourth-order valence-corrected chi connectivity index (χ4v) is 2.30. The lowest BCUT2D eigenvalue weighted by molar-refractivity contribution is -0.136. The van der Waals surface area contributed by atoms with Crippen molar-refractivity contribution in [1.82, 2.24) is 10.2 Å². The third-order valence-electron chi connectivity index (χ3n) is 3.34. The smallest absolute Gasteiger partial charge is 0.239 e. The molecule has 1 aliphatic heterocycles. The molecule has 1 heterocycles. The molecule has 88 valence electrons. The highest BCUT2D eigenvalue weighted by Gasteiger charge is 2.28. The first kappa shape index (κ1) is 12.5. The molecule has 0 aromatic heterocycles. The van der Waals surface area contributed by atoms with Crippen molar-refractivity contribution in [2.75, 3.05) is 13.6 Å². The zero-order chi connectivity index (χ0) is 11.3. The van der Waals surface area contributed by atoms with Gasteiger partial charge in [0.15, 0.2) is 0 Å². The fourth-order valence-electron chi connectivity index (χ4n) is 2.30. The molecular formula is C12H24N2O. The highest BCUT2D eigenvalue weighted by Crippen LogP contribution is 2.21. The highest BCUT2D eigenvalue weighted by molar-refractivity contribution is 5.81. The number of hydrogen-bond donors (Lipinski definition) is 1. The Morgan fingerprint density at radius 1 is 1.53 bits per heavy atom. The number of rotatable bonds is 4. The van der Waals surface area contributed by atoms with Gasteiger partial charge in [0.1, 0.15) is 0 Å². The zero-order valence-electron chi connectivity index (χ0n) is 10.3. The molecule has 3 heteroatoms. The maximum Gasteiger partial charge on any atom is 0.239 e. The molecule has 3 nitrogen and oxygen atoms in total. The van der Waals surface area contributed by atoms with Crippen molar-refractivity contribution < 1.29 is 4.79 Å². The van der Waals surface area contributed by atoms with E-state index >= 15 is 0 Å². The van der Waals surface area contributed by atoms with Crippen LogP contribution in [0, 0.1) is 0 Å². The molecule has 2 atom stereocenters. The summed E-state index contributed by atoms with van der Waals surface area (Å²) < 4.78 is 0. The van der Waals surface area contributed by atoms with Gasteiger partial charge < -0.3 is 10.2 Å². The van der Waals surface area contributed by atoms with Gasteiger partial charge in [-0.3, -0.25) is 4.79 Å². The Morgan fingerprint density at radius 3 is 2.87 bits per heavy atom. The lowest BCUT2D eigenvalue weighted by atomic mass is 9.97.